The van der Waals surface area contributed by atoms with Crippen LogP contribution >= 0.6 is 0 Å². The summed E-state index contributed by atoms with van der Waals surface area (Å²) in [4.78, 5) is 0. The van der Waals surface area contributed by atoms with E-state index in [2.05, 4.69) is 54.7 Å². The van der Waals surface area contributed by atoms with Crippen molar-refractivity contribution in [3.63, 3.8) is 0 Å². The van der Waals surface area contributed by atoms with Gasteiger partial charge in [0, 0.05) is 6.04 Å². The maximum atomic E-state index is 9.30. The van der Waals surface area contributed by atoms with Crippen molar-refractivity contribution >= 4 is 0 Å². The van der Waals surface area contributed by atoms with Crippen molar-refractivity contribution < 1.29 is 9.84 Å². The molecule has 0 amide bonds. The summed E-state index contributed by atoms with van der Waals surface area (Å²) in [6.07, 6.45) is 2.03. The van der Waals surface area contributed by atoms with Gasteiger partial charge in [0.15, 0.2) is 0 Å². The number of nitrogens with one attached hydrogen (secondary N) is 1. The van der Waals surface area contributed by atoms with E-state index < -0.39 is 0 Å². The van der Waals surface area contributed by atoms with Gasteiger partial charge in [-0.15, -0.1) is 0 Å². The number of phenolic OH excluding ortho intramolecular Hbond substituents is 1. The van der Waals surface area contributed by atoms with Gasteiger partial charge in [-0.3, -0.25) is 0 Å². The Morgan fingerprint density at radius 1 is 0.808 bits per heavy atom. The van der Waals surface area contributed by atoms with Crippen LogP contribution in [0.5, 0.6) is 17.2 Å². The van der Waals surface area contributed by atoms with Crippen LogP contribution in [-0.4, -0.2) is 17.7 Å². The van der Waals surface area contributed by atoms with E-state index in [0.29, 0.717) is 11.8 Å². The molecule has 1 atom stereocenters. The molecule has 3 heteroatoms. The number of phenols is 1. The van der Waals surface area contributed by atoms with Crippen molar-refractivity contribution in [2.45, 2.75) is 25.8 Å². The second-order valence-electron chi connectivity index (χ2n) is 6.53. The van der Waals surface area contributed by atoms with Gasteiger partial charge in [-0.2, -0.15) is 0 Å². The van der Waals surface area contributed by atoms with E-state index in [1.807, 2.05) is 12.1 Å². The summed E-state index contributed by atoms with van der Waals surface area (Å²) in [6.45, 7) is 3.17. The highest BCUT2D eigenvalue weighted by molar-refractivity contribution is 5.35. The second-order valence-corrected chi connectivity index (χ2v) is 6.53. The first-order valence-corrected chi connectivity index (χ1v) is 9.02. The van der Waals surface area contributed by atoms with Crippen LogP contribution < -0.4 is 10.1 Å². The zero-order valence-corrected chi connectivity index (χ0v) is 15.1. The molecule has 0 aromatic heterocycles. The molecule has 0 aliphatic rings. The summed E-state index contributed by atoms with van der Waals surface area (Å²) in [6, 6.07) is 25.9. The van der Waals surface area contributed by atoms with E-state index in [0.717, 1.165) is 25.1 Å². The Morgan fingerprint density at radius 3 is 2.08 bits per heavy atom. The zero-order valence-electron chi connectivity index (χ0n) is 15.1. The monoisotopic (exact) mass is 347 g/mol. The molecule has 0 fully saturated rings. The number of aromatic hydroxyl groups is 1. The third kappa shape index (κ3) is 5.64. The summed E-state index contributed by atoms with van der Waals surface area (Å²) in [5, 5.41) is 12.9. The molecule has 3 aromatic carbocycles. The lowest BCUT2D eigenvalue weighted by atomic mass is 10.1. The van der Waals surface area contributed by atoms with E-state index in [-0.39, 0.29) is 5.75 Å². The molecular formula is C23H25NO2. The molecule has 0 saturated heterocycles. The van der Waals surface area contributed by atoms with Crippen molar-refractivity contribution in [1.29, 1.82) is 0 Å². The van der Waals surface area contributed by atoms with E-state index >= 15 is 0 Å². The van der Waals surface area contributed by atoms with Crippen LogP contribution in [0.1, 0.15) is 18.1 Å². The molecule has 3 rings (SSSR count). The summed E-state index contributed by atoms with van der Waals surface area (Å²) in [5.41, 5.74) is 2.64. The molecule has 0 radical (unpaired) electrons. The van der Waals surface area contributed by atoms with Crippen molar-refractivity contribution in [3.05, 3.63) is 90.0 Å². The first-order valence-electron chi connectivity index (χ1n) is 9.02. The Bertz CT molecular complexity index is 783. The minimum Gasteiger partial charge on any atom is -0.508 e. The van der Waals surface area contributed by atoms with E-state index in [9.17, 15) is 5.11 Å². The van der Waals surface area contributed by atoms with Gasteiger partial charge in [0.05, 0.1) is 0 Å². The number of hydrogen-bond acceptors (Lipinski definition) is 3. The van der Waals surface area contributed by atoms with Crippen LogP contribution in [0.3, 0.4) is 0 Å². The SMILES string of the molecule is CC(Cc1ccccc1)NCCc1ccc(Oc2ccc(O)cc2)cc1. The highest BCUT2D eigenvalue weighted by Gasteiger charge is 2.03. The molecule has 1 unspecified atom stereocenters. The van der Waals surface area contributed by atoms with Crippen LogP contribution in [0.25, 0.3) is 0 Å². The standard InChI is InChI=1S/C23H25NO2/c1-18(17-20-5-3-2-4-6-20)24-16-15-19-7-11-22(12-8-19)26-23-13-9-21(25)10-14-23/h2-14,18,24-25H,15-17H2,1H3. The molecule has 0 aliphatic heterocycles. The second kappa shape index (κ2) is 9.07. The molecular weight excluding hydrogens is 322 g/mol. The minimum atomic E-state index is 0.238. The van der Waals surface area contributed by atoms with Crippen LogP contribution in [0, 0.1) is 0 Å². The van der Waals surface area contributed by atoms with Gasteiger partial charge < -0.3 is 15.2 Å². The molecule has 3 aromatic rings. The average molecular weight is 347 g/mol. The molecule has 0 spiro atoms. The summed E-state index contributed by atoms with van der Waals surface area (Å²) < 4.78 is 5.77. The van der Waals surface area contributed by atoms with Crippen molar-refractivity contribution in [2.75, 3.05) is 6.54 Å². The van der Waals surface area contributed by atoms with E-state index in [1.165, 1.54) is 11.1 Å². The first-order chi connectivity index (χ1) is 12.7. The fraction of sp³-hybridized carbons (Fsp3) is 0.217. The maximum Gasteiger partial charge on any atom is 0.127 e. The predicted octanol–water partition coefficient (Wildman–Crippen LogP) is 4.95. The first kappa shape index (κ1) is 18.0. The summed E-state index contributed by atoms with van der Waals surface area (Å²) in [7, 11) is 0. The zero-order chi connectivity index (χ0) is 18.2. The minimum absolute atomic E-state index is 0.238. The van der Waals surface area contributed by atoms with Gasteiger partial charge in [-0.05, 0) is 73.8 Å². The largest absolute Gasteiger partial charge is 0.508 e. The van der Waals surface area contributed by atoms with Gasteiger partial charge in [0.2, 0.25) is 0 Å². The van der Waals surface area contributed by atoms with Crippen molar-refractivity contribution in [2.24, 2.45) is 0 Å². The Labute approximate surface area is 155 Å². The third-order valence-corrected chi connectivity index (χ3v) is 4.29. The Hall–Kier alpha value is -2.78. The molecule has 0 bridgehead atoms. The van der Waals surface area contributed by atoms with Gasteiger partial charge in [-0.25, -0.2) is 0 Å². The molecule has 3 nitrogen and oxygen atoms in total. The molecule has 0 heterocycles. The summed E-state index contributed by atoms with van der Waals surface area (Å²) >= 11 is 0. The molecule has 26 heavy (non-hydrogen) atoms. The van der Waals surface area contributed by atoms with Gasteiger partial charge in [-0.1, -0.05) is 42.5 Å². The van der Waals surface area contributed by atoms with E-state index in [1.54, 1.807) is 24.3 Å². The van der Waals surface area contributed by atoms with Crippen LogP contribution in [-0.2, 0) is 12.8 Å². The van der Waals surface area contributed by atoms with Crippen LogP contribution in [0.2, 0.25) is 0 Å². The van der Waals surface area contributed by atoms with E-state index in [4.69, 9.17) is 4.74 Å². The summed E-state index contributed by atoms with van der Waals surface area (Å²) in [5.74, 6) is 1.75. The number of benzene rings is 3. The third-order valence-electron chi connectivity index (χ3n) is 4.29. The lowest BCUT2D eigenvalue weighted by molar-refractivity contribution is 0.464. The highest BCUT2D eigenvalue weighted by Crippen LogP contribution is 2.23. The molecule has 0 saturated carbocycles. The fourth-order valence-corrected chi connectivity index (χ4v) is 2.88. The molecule has 2 N–H and O–H groups in total. The quantitative estimate of drug-likeness (QED) is 0.606. The van der Waals surface area contributed by atoms with Crippen molar-refractivity contribution in [1.82, 2.24) is 5.32 Å². The number of ether oxygens (including phenoxy) is 1. The normalized spacial score (nSPS) is 11.9. The van der Waals surface area contributed by atoms with Crippen LogP contribution in [0.15, 0.2) is 78.9 Å². The predicted molar refractivity (Wildman–Crippen MR) is 106 cm³/mol. The lowest BCUT2D eigenvalue weighted by Gasteiger charge is -2.14. The number of rotatable bonds is 8. The topological polar surface area (TPSA) is 41.5 Å². The maximum absolute atomic E-state index is 9.30. The van der Waals surface area contributed by atoms with Crippen molar-refractivity contribution in [3.8, 4) is 17.2 Å². The van der Waals surface area contributed by atoms with Gasteiger partial charge in [0.25, 0.3) is 0 Å². The smallest absolute Gasteiger partial charge is 0.127 e. The highest BCUT2D eigenvalue weighted by atomic mass is 16.5. The van der Waals surface area contributed by atoms with Crippen LogP contribution in [0.4, 0.5) is 0 Å². The molecule has 134 valence electrons. The Kier molecular flexibility index (Phi) is 6.29. The fourth-order valence-electron chi connectivity index (χ4n) is 2.88. The lowest BCUT2D eigenvalue weighted by Crippen LogP contribution is -2.29. The van der Waals surface area contributed by atoms with Gasteiger partial charge in [0.1, 0.15) is 17.2 Å². The Balaban J connectivity index is 1.43. The Morgan fingerprint density at radius 2 is 1.42 bits per heavy atom. The molecule has 0 aliphatic carbocycles. The number of hydrogen-bond donors (Lipinski definition) is 2. The average Bonchev–Trinajstić information content (AvgIpc) is 2.66. The van der Waals surface area contributed by atoms with Gasteiger partial charge >= 0.3 is 0 Å².